The highest BCUT2D eigenvalue weighted by Crippen LogP contribution is 2.30. The molecule has 0 radical (unpaired) electrons. The number of carbonyl (C=O) groups excluding carboxylic acids is 4. The number of piperidine rings is 1. The maximum absolute atomic E-state index is 13.0. The zero-order valence-electron chi connectivity index (χ0n) is 18.0. The third-order valence-corrected chi connectivity index (χ3v) is 7.04. The zero-order chi connectivity index (χ0) is 24.0. The van der Waals surface area contributed by atoms with Gasteiger partial charge in [0.15, 0.2) is 11.0 Å². The minimum Gasteiger partial charge on any atom is -0.353 e. The van der Waals surface area contributed by atoms with E-state index in [0.29, 0.717) is 30.5 Å². The van der Waals surface area contributed by atoms with Gasteiger partial charge in [-0.3, -0.25) is 34.3 Å². The molecule has 2 saturated heterocycles. The quantitative estimate of drug-likeness (QED) is 0.493. The number of rotatable bonds is 4. The van der Waals surface area contributed by atoms with Crippen LogP contribution < -0.4 is 10.2 Å². The van der Waals surface area contributed by atoms with E-state index in [1.165, 1.54) is 6.33 Å². The van der Waals surface area contributed by atoms with E-state index in [1.54, 1.807) is 12.1 Å². The number of anilines is 1. The molecule has 0 spiro atoms. The molecular formula is C22H20Cl2N6O4. The Morgan fingerprint density at radius 2 is 1.71 bits per heavy atom. The topological polar surface area (TPSA) is 116 Å². The van der Waals surface area contributed by atoms with Crippen molar-refractivity contribution in [3.8, 4) is 0 Å². The van der Waals surface area contributed by atoms with Crippen molar-refractivity contribution in [3.63, 3.8) is 0 Å². The summed E-state index contributed by atoms with van der Waals surface area (Å²) in [6, 6.07) is 4.21. The van der Waals surface area contributed by atoms with Crippen LogP contribution in [0.2, 0.25) is 10.2 Å². The third kappa shape index (κ3) is 4.02. The van der Waals surface area contributed by atoms with Gasteiger partial charge in [-0.1, -0.05) is 29.3 Å². The second kappa shape index (κ2) is 8.94. The molecule has 2 fully saturated rings. The number of aromatic nitrogens is 2. The van der Waals surface area contributed by atoms with Gasteiger partial charge >= 0.3 is 0 Å². The number of carbonyl (C=O) groups is 4. The van der Waals surface area contributed by atoms with Crippen molar-refractivity contribution in [1.82, 2.24) is 25.1 Å². The van der Waals surface area contributed by atoms with Crippen molar-refractivity contribution in [2.45, 2.75) is 25.4 Å². The molecule has 5 rings (SSSR count). The molecule has 0 bridgehead atoms. The van der Waals surface area contributed by atoms with E-state index in [2.05, 4.69) is 25.1 Å². The Morgan fingerprint density at radius 3 is 2.44 bits per heavy atom. The van der Waals surface area contributed by atoms with E-state index in [1.807, 2.05) is 6.07 Å². The summed E-state index contributed by atoms with van der Waals surface area (Å²) >= 11 is 12.2. The zero-order valence-corrected chi connectivity index (χ0v) is 19.5. The predicted octanol–water partition coefficient (Wildman–Crippen LogP) is 1.51. The highest BCUT2D eigenvalue weighted by atomic mass is 35.5. The smallest absolute Gasteiger partial charge is 0.262 e. The number of fused-ring (bicyclic) bond motifs is 1. The molecule has 1 aromatic carbocycles. The molecule has 4 amide bonds. The molecule has 1 unspecified atom stereocenters. The van der Waals surface area contributed by atoms with Crippen molar-refractivity contribution >= 4 is 52.6 Å². The molecule has 0 aliphatic carbocycles. The number of piperazine rings is 1. The lowest BCUT2D eigenvalue weighted by Crippen LogP contribution is -2.54. The van der Waals surface area contributed by atoms with E-state index in [-0.39, 0.29) is 29.1 Å². The maximum Gasteiger partial charge on any atom is 0.262 e. The van der Waals surface area contributed by atoms with Crippen LogP contribution in [0, 0.1) is 0 Å². The van der Waals surface area contributed by atoms with Crippen LogP contribution >= 0.6 is 23.2 Å². The molecule has 4 heterocycles. The largest absolute Gasteiger partial charge is 0.353 e. The number of amides is 4. The minimum atomic E-state index is -0.969. The van der Waals surface area contributed by atoms with Gasteiger partial charge in [-0.2, -0.15) is 0 Å². The molecule has 0 saturated carbocycles. The first-order chi connectivity index (χ1) is 16.3. The molecule has 176 valence electrons. The number of imide groups is 2. The van der Waals surface area contributed by atoms with Gasteiger partial charge in [0.25, 0.3) is 11.8 Å². The summed E-state index contributed by atoms with van der Waals surface area (Å²) in [5.41, 5.74) is 1.45. The van der Waals surface area contributed by atoms with E-state index in [4.69, 9.17) is 23.2 Å². The monoisotopic (exact) mass is 502 g/mol. The second-order valence-corrected chi connectivity index (χ2v) is 9.13. The summed E-state index contributed by atoms with van der Waals surface area (Å²) in [6.45, 7) is 3.46. The molecular weight excluding hydrogens is 483 g/mol. The minimum absolute atomic E-state index is 0.0907. The Morgan fingerprint density at radius 1 is 0.971 bits per heavy atom. The van der Waals surface area contributed by atoms with Crippen LogP contribution in [0.5, 0.6) is 0 Å². The van der Waals surface area contributed by atoms with Crippen molar-refractivity contribution < 1.29 is 19.2 Å². The van der Waals surface area contributed by atoms with Crippen molar-refractivity contribution in [2.24, 2.45) is 0 Å². The highest BCUT2D eigenvalue weighted by molar-refractivity contribution is 6.42. The summed E-state index contributed by atoms with van der Waals surface area (Å²) in [6.07, 6.45) is 1.61. The lowest BCUT2D eigenvalue weighted by atomic mass is 10.0. The fourth-order valence-electron chi connectivity index (χ4n) is 4.55. The van der Waals surface area contributed by atoms with Crippen molar-refractivity contribution in [2.75, 3.05) is 31.1 Å². The van der Waals surface area contributed by atoms with E-state index in [9.17, 15) is 19.2 Å². The average molecular weight is 503 g/mol. The van der Waals surface area contributed by atoms with Gasteiger partial charge in [0, 0.05) is 39.1 Å². The Bertz CT molecular complexity index is 1210. The van der Waals surface area contributed by atoms with E-state index in [0.717, 1.165) is 23.6 Å². The van der Waals surface area contributed by atoms with Crippen LogP contribution in [-0.4, -0.2) is 75.6 Å². The first-order valence-electron chi connectivity index (χ1n) is 10.8. The molecule has 12 heteroatoms. The summed E-state index contributed by atoms with van der Waals surface area (Å²) in [5.74, 6) is -1.41. The van der Waals surface area contributed by atoms with Gasteiger partial charge in [0.05, 0.1) is 11.1 Å². The SMILES string of the molecule is O=C1CCC(N2C(=O)c3ccc(CN4CCN(c5ncnc(Cl)c5Cl)CC4)cc3C2=O)C(=O)N1. The second-order valence-electron chi connectivity index (χ2n) is 8.39. The summed E-state index contributed by atoms with van der Waals surface area (Å²) < 4.78 is 0. The average Bonchev–Trinajstić information content (AvgIpc) is 3.06. The standard InChI is InChI=1S/C22H20Cl2N6O4/c23-17-18(24)25-11-26-19(17)29-7-5-28(6-8-29)10-12-1-2-13-14(9-12)22(34)30(21(13)33)15-3-4-16(31)27-20(15)32/h1-2,9,11,15H,3-8,10H2,(H,27,31,32). The highest BCUT2D eigenvalue weighted by Gasteiger charge is 2.44. The maximum atomic E-state index is 13.0. The lowest BCUT2D eigenvalue weighted by molar-refractivity contribution is -0.136. The van der Waals surface area contributed by atoms with Crippen molar-refractivity contribution in [1.29, 1.82) is 0 Å². The molecule has 2 aromatic rings. The van der Waals surface area contributed by atoms with Gasteiger partial charge in [-0.05, 0) is 24.1 Å². The number of benzene rings is 1. The number of nitrogens with zero attached hydrogens (tertiary/aromatic N) is 5. The van der Waals surface area contributed by atoms with Gasteiger partial charge in [-0.25, -0.2) is 9.97 Å². The molecule has 1 N–H and O–H groups in total. The van der Waals surface area contributed by atoms with Gasteiger partial charge in [-0.15, -0.1) is 0 Å². The van der Waals surface area contributed by atoms with Gasteiger partial charge in [0.2, 0.25) is 11.8 Å². The molecule has 3 aliphatic rings. The van der Waals surface area contributed by atoms with Crippen LogP contribution in [0.15, 0.2) is 24.5 Å². The first kappa shape index (κ1) is 22.7. The number of nitrogens with one attached hydrogen (secondary N) is 1. The summed E-state index contributed by atoms with van der Waals surface area (Å²) in [5, 5.41) is 2.76. The van der Waals surface area contributed by atoms with E-state index < -0.39 is 29.7 Å². The molecule has 34 heavy (non-hydrogen) atoms. The summed E-state index contributed by atoms with van der Waals surface area (Å²) in [4.78, 5) is 62.9. The molecule has 1 aromatic heterocycles. The predicted molar refractivity (Wildman–Crippen MR) is 123 cm³/mol. The Hall–Kier alpha value is -3.08. The van der Waals surface area contributed by atoms with Crippen LogP contribution in [0.1, 0.15) is 39.1 Å². The van der Waals surface area contributed by atoms with Gasteiger partial charge < -0.3 is 4.90 Å². The van der Waals surface area contributed by atoms with Crippen LogP contribution in [-0.2, 0) is 16.1 Å². The first-order valence-corrected chi connectivity index (χ1v) is 11.6. The number of hydrogen-bond acceptors (Lipinski definition) is 8. The Balaban J connectivity index is 1.26. The normalized spacial score (nSPS) is 21.2. The third-order valence-electron chi connectivity index (χ3n) is 6.31. The van der Waals surface area contributed by atoms with Gasteiger partial charge in [0.1, 0.15) is 17.4 Å². The molecule has 3 aliphatic heterocycles. The Labute approximate surface area is 204 Å². The fourth-order valence-corrected chi connectivity index (χ4v) is 4.90. The van der Waals surface area contributed by atoms with Crippen LogP contribution in [0.4, 0.5) is 5.82 Å². The molecule has 10 nitrogen and oxygen atoms in total. The van der Waals surface area contributed by atoms with Crippen LogP contribution in [0.3, 0.4) is 0 Å². The van der Waals surface area contributed by atoms with Crippen molar-refractivity contribution in [3.05, 3.63) is 51.4 Å². The number of halogens is 2. The Kier molecular flexibility index (Phi) is 5.97. The fraction of sp³-hybridized carbons (Fsp3) is 0.364. The molecule has 1 atom stereocenters. The number of hydrogen-bond donors (Lipinski definition) is 1. The van der Waals surface area contributed by atoms with E-state index >= 15 is 0 Å². The lowest BCUT2D eigenvalue weighted by Gasteiger charge is -2.35. The van der Waals surface area contributed by atoms with Crippen LogP contribution in [0.25, 0.3) is 0 Å². The summed E-state index contributed by atoms with van der Waals surface area (Å²) in [7, 11) is 0.